The summed E-state index contributed by atoms with van der Waals surface area (Å²) >= 11 is 0. The Morgan fingerprint density at radius 1 is 1.45 bits per heavy atom. The van der Waals surface area contributed by atoms with E-state index in [1.54, 1.807) is 12.4 Å². The summed E-state index contributed by atoms with van der Waals surface area (Å²) in [4.78, 5) is 16.6. The number of nitrogens with zero attached hydrogens (tertiary/aromatic N) is 2. The molecule has 2 heterocycles. The zero-order valence-electron chi connectivity index (χ0n) is 11.1. The molecule has 1 spiro atoms. The molecule has 2 saturated carbocycles. The fraction of sp³-hybridized carbons (Fsp3) is 0.500. The van der Waals surface area contributed by atoms with Crippen molar-refractivity contribution in [2.24, 2.45) is 17.1 Å². The van der Waals surface area contributed by atoms with Gasteiger partial charge in [0, 0.05) is 17.3 Å². The Morgan fingerprint density at radius 2 is 2.30 bits per heavy atom. The van der Waals surface area contributed by atoms with Crippen LogP contribution in [0.2, 0.25) is 0 Å². The number of fused-ring (bicyclic) bond motifs is 1. The average molecular weight is 271 g/mol. The summed E-state index contributed by atoms with van der Waals surface area (Å²) in [6, 6.07) is 2.08. The molecule has 0 aromatic carbocycles. The van der Waals surface area contributed by atoms with Gasteiger partial charge in [0.05, 0.1) is 18.1 Å². The van der Waals surface area contributed by atoms with Crippen molar-refractivity contribution in [2.75, 3.05) is 5.32 Å². The minimum atomic E-state index is 0.0614. The number of pyridine rings is 1. The molecular formula is C14H17N5O. The maximum absolute atomic E-state index is 12.4. The largest absolute Gasteiger partial charge is 0.327 e. The number of aromatic amines is 1. The molecule has 2 atom stereocenters. The van der Waals surface area contributed by atoms with Crippen LogP contribution in [0.25, 0.3) is 11.0 Å². The molecule has 4 N–H and O–H groups in total. The molecule has 0 radical (unpaired) electrons. The Bertz CT molecular complexity index is 675. The average Bonchev–Trinajstić information content (AvgIpc) is 2.81. The van der Waals surface area contributed by atoms with Gasteiger partial charge in [-0.2, -0.15) is 5.10 Å². The van der Waals surface area contributed by atoms with E-state index in [2.05, 4.69) is 20.5 Å². The molecule has 4 rings (SSSR count). The van der Waals surface area contributed by atoms with Crippen LogP contribution in [0.5, 0.6) is 0 Å². The van der Waals surface area contributed by atoms with Crippen molar-refractivity contribution in [3.05, 3.63) is 18.5 Å². The lowest BCUT2D eigenvalue weighted by atomic mass is 9.47. The molecular weight excluding hydrogens is 254 g/mol. The van der Waals surface area contributed by atoms with E-state index in [9.17, 15) is 4.79 Å². The summed E-state index contributed by atoms with van der Waals surface area (Å²) in [5.74, 6) is 0.141. The molecule has 1 amide bonds. The van der Waals surface area contributed by atoms with Crippen molar-refractivity contribution in [1.82, 2.24) is 15.2 Å². The zero-order chi connectivity index (χ0) is 13.7. The molecule has 20 heavy (non-hydrogen) atoms. The normalized spacial score (nSPS) is 27.1. The number of hydrogen-bond acceptors (Lipinski definition) is 4. The summed E-state index contributed by atoms with van der Waals surface area (Å²) in [6.07, 6.45) is 7.53. The highest BCUT2D eigenvalue weighted by molar-refractivity contribution is 5.95. The molecule has 0 saturated heterocycles. The molecule has 2 unspecified atom stereocenters. The van der Waals surface area contributed by atoms with Crippen molar-refractivity contribution >= 4 is 22.6 Å². The summed E-state index contributed by atoms with van der Waals surface area (Å²) in [5, 5.41) is 10.6. The molecule has 6 heteroatoms. The van der Waals surface area contributed by atoms with Crippen LogP contribution in [0, 0.1) is 11.3 Å². The van der Waals surface area contributed by atoms with Gasteiger partial charge in [-0.05, 0) is 30.7 Å². The number of carbonyl (C=O) groups is 1. The van der Waals surface area contributed by atoms with Gasteiger partial charge in [0.25, 0.3) is 0 Å². The third kappa shape index (κ3) is 1.51. The third-order valence-electron chi connectivity index (χ3n) is 5.08. The monoisotopic (exact) mass is 271 g/mol. The van der Waals surface area contributed by atoms with Crippen molar-refractivity contribution in [1.29, 1.82) is 0 Å². The molecule has 2 aromatic heterocycles. The van der Waals surface area contributed by atoms with Crippen molar-refractivity contribution in [3.63, 3.8) is 0 Å². The number of aromatic nitrogens is 3. The predicted molar refractivity (Wildman–Crippen MR) is 74.9 cm³/mol. The van der Waals surface area contributed by atoms with Gasteiger partial charge in [-0.1, -0.05) is 6.42 Å². The van der Waals surface area contributed by atoms with Gasteiger partial charge in [0.15, 0.2) is 5.65 Å². The van der Waals surface area contributed by atoms with Crippen LogP contribution in [0.15, 0.2) is 18.5 Å². The van der Waals surface area contributed by atoms with Gasteiger partial charge in [0.2, 0.25) is 5.91 Å². The zero-order valence-corrected chi connectivity index (χ0v) is 11.1. The molecule has 104 valence electrons. The van der Waals surface area contributed by atoms with E-state index in [4.69, 9.17) is 5.73 Å². The fourth-order valence-corrected chi connectivity index (χ4v) is 3.63. The summed E-state index contributed by atoms with van der Waals surface area (Å²) in [6.45, 7) is 0. The topological polar surface area (TPSA) is 96.7 Å². The van der Waals surface area contributed by atoms with Crippen molar-refractivity contribution in [3.8, 4) is 0 Å². The van der Waals surface area contributed by atoms with Crippen molar-refractivity contribution < 1.29 is 4.79 Å². The van der Waals surface area contributed by atoms with Gasteiger partial charge < -0.3 is 11.1 Å². The Kier molecular flexibility index (Phi) is 2.38. The van der Waals surface area contributed by atoms with E-state index in [1.165, 1.54) is 6.42 Å². The van der Waals surface area contributed by atoms with Crippen LogP contribution in [-0.2, 0) is 4.79 Å². The Labute approximate surface area is 116 Å². The number of amides is 1. The van der Waals surface area contributed by atoms with E-state index in [0.717, 1.165) is 36.0 Å². The number of hydrogen-bond donors (Lipinski definition) is 3. The Balaban J connectivity index is 1.52. The van der Waals surface area contributed by atoms with Gasteiger partial charge >= 0.3 is 0 Å². The highest BCUT2D eigenvalue weighted by Gasteiger charge is 2.59. The first-order valence-corrected chi connectivity index (χ1v) is 7.05. The second kappa shape index (κ2) is 4.02. The molecule has 0 bridgehead atoms. The number of H-pyrrole nitrogens is 1. The lowest BCUT2D eigenvalue weighted by Crippen LogP contribution is -2.64. The lowest BCUT2D eigenvalue weighted by Gasteiger charge is -2.59. The second-order valence-corrected chi connectivity index (χ2v) is 6.00. The molecule has 2 aliphatic rings. The van der Waals surface area contributed by atoms with Gasteiger partial charge in [-0.25, -0.2) is 4.98 Å². The molecule has 0 aliphatic heterocycles. The lowest BCUT2D eigenvalue weighted by molar-refractivity contribution is -0.141. The minimum Gasteiger partial charge on any atom is -0.327 e. The number of rotatable bonds is 2. The van der Waals surface area contributed by atoms with Crippen LogP contribution in [0.4, 0.5) is 5.69 Å². The van der Waals surface area contributed by atoms with E-state index < -0.39 is 0 Å². The molecule has 2 aromatic rings. The number of nitrogens with one attached hydrogen (secondary N) is 2. The van der Waals surface area contributed by atoms with Crippen LogP contribution < -0.4 is 11.1 Å². The van der Waals surface area contributed by atoms with E-state index in [1.807, 2.05) is 6.07 Å². The molecule has 2 aliphatic carbocycles. The maximum Gasteiger partial charge on any atom is 0.228 e. The summed E-state index contributed by atoms with van der Waals surface area (Å²) in [5.41, 5.74) is 7.62. The first-order valence-electron chi connectivity index (χ1n) is 7.05. The van der Waals surface area contributed by atoms with E-state index in [-0.39, 0.29) is 23.3 Å². The van der Waals surface area contributed by atoms with Crippen LogP contribution in [0.1, 0.15) is 25.7 Å². The first-order chi connectivity index (χ1) is 9.69. The summed E-state index contributed by atoms with van der Waals surface area (Å²) < 4.78 is 0. The Morgan fingerprint density at radius 3 is 3.00 bits per heavy atom. The minimum absolute atomic E-state index is 0.0614. The standard InChI is InChI=1S/C14H17N5O/c15-11-5-10(14(11)2-1-3-14)13(20)18-9-4-8-6-17-19-12(8)16-7-9/h4,6-7,10-11H,1-3,5,15H2,(H,18,20)(H,16,17,19). The van der Waals surface area contributed by atoms with Crippen molar-refractivity contribution in [2.45, 2.75) is 31.7 Å². The van der Waals surface area contributed by atoms with Gasteiger partial charge in [-0.3, -0.25) is 9.89 Å². The van der Waals surface area contributed by atoms with E-state index in [0.29, 0.717) is 0 Å². The SMILES string of the molecule is NC1CC(C(=O)Nc2cnc3[nH]ncc3c2)C12CCC2. The fourth-order valence-electron chi connectivity index (χ4n) is 3.63. The van der Waals surface area contributed by atoms with E-state index >= 15 is 0 Å². The number of nitrogens with two attached hydrogens (primary N) is 1. The third-order valence-corrected chi connectivity index (χ3v) is 5.08. The second-order valence-electron chi connectivity index (χ2n) is 6.00. The van der Waals surface area contributed by atoms with Crippen LogP contribution in [0.3, 0.4) is 0 Å². The maximum atomic E-state index is 12.4. The number of carbonyl (C=O) groups excluding carboxylic acids is 1. The van der Waals surface area contributed by atoms with Gasteiger partial charge in [-0.15, -0.1) is 0 Å². The predicted octanol–water partition coefficient (Wildman–Crippen LogP) is 1.41. The molecule has 2 fully saturated rings. The Hall–Kier alpha value is -1.95. The quantitative estimate of drug-likeness (QED) is 0.769. The smallest absolute Gasteiger partial charge is 0.228 e. The van der Waals surface area contributed by atoms with Gasteiger partial charge in [0.1, 0.15) is 0 Å². The highest BCUT2D eigenvalue weighted by atomic mass is 16.2. The van der Waals surface area contributed by atoms with Crippen LogP contribution >= 0.6 is 0 Å². The van der Waals surface area contributed by atoms with Crippen LogP contribution in [-0.4, -0.2) is 27.1 Å². The highest BCUT2D eigenvalue weighted by Crippen LogP contribution is 2.59. The summed E-state index contributed by atoms with van der Waals surface area (Å²) in [7, 11) is 0. The first kappa shape index (κ1) is 11.8. The molecule has 6 nitrogen and oxygen atoms in total. The number of anilines is 1.